The van der Waals surface area contributed by atoms with E-state index in [4.69, 9.17) is 4.74 Å². The molecule has 1 atom stereocenters. The first kappa shape index (κ1) is 19.6. The van der Waals surface area contributed by atoms with Crippen molar-refractivity contribution in [1.29, 1.82) is 0 Å². The van der Waals surface area contributed by atoms with Crippen molar-refractivity contribution in [2.24, 2.45) is 12.0 Å². The molecule has 27 heavy (non-hydrogen) atoms. The normalized spacial score (nSPS) is 17.8. The lowest BCUT2D eigenvalue weighted by atomic mass is 10.1. The highest BCUT2D eigenvalue weighted by Crippen LogP contribution is 2.21. The Morgan fingerprint density at radius 1 is 1.37 bits per heavy atom. The van der Waals surface area contributed by atoms with Crippen LogP contribution >= 0.6 is 24.0 Å². The molecular formula is C18H24IN7O. The van der Waals surface area contributed by atoms with Crippen molar-refractivity contribution in [3.63, 3.8) is 0 Å². The summed E-state index contributed by atoms with van der Waals surface area (Å²) in [7, 11) is 3.72. The van der Waals surface area contributed by atoms with Gasteiger partial charge in [0, 0.05) is 44.8 Å². The number of aliphatic imine (C=N–C) groups is 1. The number of nitrogens with one attached hydrogen (secondary N) is 1. The summed E-state index contributed by atoms with van der Waals surface area (Å²) < 4.78 is 9.73. The summed E-state index contributed by atoms with van der Waals surface area (Å²) in [6.45, 7) is 2.84. The molecule has 0 saturated carbocycles. The van der Waals surface area contributed by atoms with Crippen LogP contribution in [0.15, 0.2) is 48.0 Å². The second kappa shape index (κ2) is 8.70. The smallest absolute Gasteiger partial charge is 0.194 e. The molecular weight excluding hydrogens is 457 g/mol. The molecule has 144 valence electrons. The number of rotatable bonds is 3. The van der Waals surface area contributed by atoms with Gasteiger partial charge in [-0.2, -0.15) is 5.10 Å². The molecule has 1 aliphatic rings. The molecule has 0 radical (unpaired) electrons. The highest BCUT2D eigenvalue weighted by Gasteiger charge is 2.25. The second-order valence-corrected chi connectivity index (χ2v) is 6.35. The topological polar surface area (TPSA) is 72.0 Å². The van der Waals surface area contributed by atoms with Gasteiger partial charge in [0.2, 0.25) is 0 Å². The van der Waals surface area contributed by atoms with Crippen molar-refractivity contribution >= 4 is 35.6 Å². The first-order valence-corrected chi connectivity index (χ1v) is 8.71. The van der Waals surface area contributed by atoms with E-state index in [2.05, 4.69) is 25.3 Å². The molecule has 3 aromatic heterocycles. The number of pyridine rings is 1. The summed E-state index contributed by atoms with van der Waals surface area (Å²) in [6.07, 6.45) is 7.91. The van der Waals surface area contributed by atoms with Crippen molar-refractivity contribution in [3.05, 3.63) is 54.2 Å². The Kier molecular flexibility index (Phi) is 6.32. The fourth-order valence-electron chi connectivity index (χ4n) is 3.22. The lowest BCUT2D eigenvalue weighted by Gasteiger charge is -2.34. The molecule has 8 nitrogen and oxygen atoms in total. The zero-order chi connectivity index (χ0) is 17.9. The third-order valence-corrected chi connectivity index (χ3v) is 4.52. The summed E-state index contributed by atoms with van der Waals surface area (Å²) in [5.41, 5.74) is 3.02. The van der Waals surface area contributed by atoms with E-state index < -0.39 is 0 Å². The Morgan fingerprint density at radius 3 is 3.00 bits per heavy atom. The summed E-state index contributed by atoms with van der Waals surface area (Å²) in [5.74, 6) is 0.860. The minimum absolute atomic E-state index is 0. The number of fused-ring (bicyclic) bond motifs is 1. The third-order valence-electron chi connectivity index (χ3n) is 4.52. The molecule has 1 aliphatic heterocycles. The van der Waals surface area contributed by atoms with Crippen molar-refractivity contribution in [2.75, 3.05) is 26.7 Å². The average molecular weight is 481 g/mol. The maximum Gasteiger partial charge on any atom is 0.194 e. The largest absolute Gasteiger partial charge is 0.370 e. The molecule has 1 fully saturated rings. The van der Waals surface area contributed by atoms with Gasteiger partial charge < -0.3 is 19.4 Å². The van der Waals surface area contributed by atoms with Crippen LogP contribution < -0.4 is 5.32 Å². The van der Waals surface area contributed by atoms with Crippen LogP contribution in [-0.4, -0.2) is 56.8 Å². The molecule has 9 heteroatoms. The molecule has 0 aliphatic carbocycles. The number of nitrogens with zero attached hydrogens (tertiary/aromatic N) is 6. The number of ether oxygens (including phenoxy) is 1. The van der Waals surface area contributed by atoms with Gasteiger partial charge in [-0.05, 0) is 12.1 Å². The third kappa shape index (κ3) is 4.41. The molecule has 1 unspecified atom stereocenters. The van der Waals surface area contributed by atoms with E-state index in [0.717, 1.165) is 36.0 Å². The van der Waals surface area contributed by atoms with E-state index in [1.807, 2.05) is 54.4 Å². The van der Waals surface area contributed by atoms with Gasteiger partial charge in [0.1, 0.15) is 11.8 Å². The van der Waals surface area contributed by atoms with Crippen molar-refractivity contribution in [3.8, 4) is 0 Å². The van der Waals surface area contributed by atoms with E-state index in [1.54, 1.807) is 11.7 Å². The zero-order valence-electron chi connectivity index (χ0n) is 15.4. The van der Waals surface area contributed by atoms with Gasteiger partial charge in [0.15, 0.2) is 5.96 Å². The Labute approximate surface area is 175 Å². The lowest BCUT2D eigenvalue weighted by Crippen LogP contribution is -2.47. The molecule has 4 heterocycles. The van der Waals surface area contributed by atoms with Crippen LogP contribution in [0.1, 0.15) is 17.4 Å². The molecule has 3 aromatic rings. The monoisotopic (exact) mass is 481 g/mol. The van der Waals surface area contributed by atoms with E-state index in [0.29, 0.717) is 13.2 Å². The van der Waals surface area contributed by atoms with Crippen molar-refractivity contribution in [1.82, 2.24) is 29.4 Å². The van der Waals surface area contributed by atoms with E-state index >= 15 is 0 Å². The summed E-state index contributed by atoms with van der Waals surface area (Å²) in [4.78, 5) is 11.3. The summed E-state index contributed by atoms with van der Waals surface area (Å²) in [5, 5.41) is 7.66. The number of morpholine rings is 1. The molecule has 1 N–H and O–H groups in total. The van der Waals surface area contributed by atoms with E-state index in [1.165, 1.54) is 0 Å². The van der Waals surface area contributed by atoms with Gasteiger partial charge in [-0.25, -0.2) is 4.98 Å². The average Bonchev–Trinajstić information content (AvgIpc) is 3.28. The Bertz CT molecular complexity index is 886. The Hall–Kier alpha value is -2.14. The fraction of sp³-hybridized carbons (Fsp3) is 0.389. The number of aromatic nitrogens is 4. The molecule has 1 saturated heterocycles. The zero-order valence-corrected chi connectivity index (χ0v) is 17.8. The van der Waals surface area contributed by atoms with Crippen molar-refractivity contribution in [2.45, 2.75) is 12.6 Å². The molecule has 0 spiro atoms. The molecule has 0 amide bonds. The number of hydrogen-bond acceptors (Lipinski definition) is 4. The highest BCUT2D eigenvalue weighted by atomic mass is 127. The van der Waals surface area contributed by atoms with Gasteiger partial charge in [0.25, 0.3) is 0 Å². The number of hydrogen-bond donors (Lipinski definition) is 1. The Balaban J connectivity index is 0.00000210. The van der Waals surface area contributed by atoms with Crippen LogP contribution in [0.3, 0.4) is 0 Å². The Morgan fingerprint density at radius 2 is 2.26 bits per heavy atom. The second-order valence-electron chi connectivity index (χ2n) is 6.35. The van der Waals surface area contributed by atoms with Crippen LogP contribution in [0.2, 0.25) is 0 Å². The quantitative estimate of drug-likeness (QED) is 0.351. The molecule has 4 rings (SSSR count). The maximum atomic E-state index is 5.91. The van der Waals surface area contributed by atoms with Crippen molar-refractivity contribution < 1.29 is 4.74 Å². The first-order valence-electron chi connectivity index (χ1n) is 8.71. The highest BCUT2D eigenvalue weighted by molar-refractivity contribution is 14.0. The molecule has 0 aromatic carbocycles. The minimum atomic E-state index is 0. The lowest BCUT2D eigenvalue weighted by molar-refractivity contribution is -0.00805. The number of imidazole rings is 1. The predicted molar refractivity (Wildman–Crippen MR) is 114 cm³/mol. The fourth-order valence-corrected chi connectivity index (χ4v) is 3.22. The van der Waals surface area contributed by atoms with Crippen LogP contribution in [0.4, 0.5) is 0 Å². The summed E-state index contributed by atoms with van der Waals surface area (Å²) >= 11 is 0. The number of halogens is 1. The van der Waals surface area contributed by atoms with Gasteiger partial charge in [0.05, 0.1) is 31.6 Å². The van der Waals surface area contributed by atoms with Gasteiger partial charge in [-0.15, -0.1) is 24.0 Å². The SMILES string of the molecule is CN=C(NCc1cn2ccccc2n1)N1CCOC(c2cnn(C)c2)C1.I. The van der Waals surface area contributed by atoms with Gasteiger partial charge in [-0.3, -0.25) is 9.67 Å². The maximum absolute atomic E-state index is 5.91. The minimum Gasteiger partial charge on any atom is -0.370 e. The van der Waals surface area contributed by atoms with E-state index in [-0.39, 0.29) is 30.1 Å². The number of aryl methyl sites for hydroxylation is 1. The first-order chi connectivity index (χ1) is 12.7. The standard InChI is InChI=1S/C18H23N7O.HI/c1-19-18(20-10-15-12-24-6-4-3-5-17(24)22-15)25-7-8-26-16(13-25)14-9-21-23(2)11-14;/h3-6,9,11-12,16H,7-8,10,13H2,1-2H3,(H,19,20);1H. The molecule has 0 bridgehead atoms. The van der Waals surface area contributed by atoms with E-state index in [9.17, 15) is 0 Å². The van der Waals surface area contributed by atoms with Crippen LogP contribution in [0, 0.1) is 0 Å². The summed E-state index contributed by atoms with van der Waals surface area (Å²) in [6, 6.07) is 5.99. The van der Waals surface area contributed by atoms with Crippen LogP contribution in [-0.2, 0) is 18.3 Å². The predicted octanol–water partition coefficient (Wildman–Crippen LogP) is 1.83. The van der Waals surface area contributed by atoms with Crippen LogP contribution in [0.5, 0.6) is 0 Å². The van der Waals surface area contributed by atoms with Gasteiger partial charge in [-0.1, -0.05) is 6.07 Å². The van der Waals surface area contributed by atoms with Gasteiger partial charge >= 0.3 is 0 Å². The van der Waals surface area contributed by atoms with Crippen LogP contribution in [0.25, 0.3) is 5.65 Å². The number of guanidine groups is 1.